The number of alkyl halides is 3. The lowest BCUT2D eigenvalue weighted by Crippen LogP contribution is -2.65. The van der Waals surface area contributed by atoms with Crippen molar-refractivity contribution in [2.24, 2.45) is 0 Å². The molecule has 3 heterocycles. The van der Waals surface area contributed by atoms with Gasteiger partial charge in [-0.3, -0.25) is 4.90 Å². The van der Waals surface area contributed by atoms with Crippen LogP contribution in [0.5, 0.6) is 0 Å². The van der Waals surface area contributed by atoms with Crippen LogP contribution in [-0.2, 0) is 25.9 Å². The second-order valence-corrected chi connectivity index (χ2v) is 13.1. The van der Waals surface area contributed by atoms with E-state index in [-0.39, 0.29) is 42.2 Å². The highest BCUT2D eigenvalue weighted by atomic mass is 32.2. The Hall–Kier alpha value is -1.71. The summed E-state index contributed by atoms with van der Waals surface area (Å²) in [6.45, 7) is 2.23. The molecule has 0 aromatic heterocycles. The van der Waals surface area contributed by atoms with Crippen molar-refractivity contribution in [3.05, 3.63) is 59.7 Å². The van der Waals surface area contributed by atoms with Gasteiger partial charge in [-0.2, -0.15) is 17.5 Å². The van der Waals surface area contributed by atoms with Crippen LogP contribution in [0.2, 0.25) is 0 Å². The number of fused-ring (bicyclic) bond motifs is 2. The number of benzene rings is 2. The van der Waals surface area contributed by atoms with E-state index < -0.39 is 33.4 Å². The van der Waals surface area contributed by atoms with Gasteiger partial charge in [-0.1, -0.05) is 36.4 Å². The van der Waals surface area contributed by atoms with Crippen LogP contribution in [0.15, 0.2) is 58.3 Å². The largest absolute Gasteiger partial charge is 0.421 e. The third-order valence-electron chi connectivity index (χ3n) is 8.21. The number of hydrogen-bond acceptors (Lipinski definition) is 8. The zero-order chi connectivity index (χ0) is 28.2. The van der Waals surface area contributed by atoms with Crippen molar-refractivity contribution in [2.75, 3.05) is 39.4 Å². The average molecular weight is 588 g/mol. The molecule has 2 bridgehead atoms. The Bertz CT molecular complexity index is 1310. The lowest BCUT2D eigenvalue weighted by Gasteiger charge is -2.48. The zero-order valence-electron chi connectivity index (χ0n) is 21.3. The van der Waals surface area contributed by atoms with Gasteiger partial charge in [0.2, 0.25) is 10.0 Å². The van der Waals surface area contributed by atoms with Crippen LogP contribution in [0.4, 0.5) is 13.2 Å². The molecule has 0 unspecified atom stereocenters. The van der Waals surface area contributed by atoms with E-state index in [9.17, 15) is 31.8 Å². The summed E-state index contributed by atoms with van der Waals surface area (Å²) in [5, 5.41) is 24.3. The summed E-state index contributed by atoms with van der Waals surface area (Å²) in [6.07, 6.45) is -4.95. The predicted molar refractivity (Wildman–Crippen MR) is 140 cm³/mol. The van der Waals surface area contributed by atoms with E-state index >= 15 is 0 Å². The maximum absolute atomic E-state index is 13.7. The number of halogens is 3. The Labute approximate surface area is 231 Å². The first-order valence-corrected chi connectivity index (χ1v) is 14.6. The van der Waals surface area contributed by atoms with Crippen molar-refractivity contribution >= 4 is 22.7 Å². The number of nitrogens with zero attached hydrogens (tertiary/aromatic N) is 2. The second-order valence-electron chi connectivity index (χ2n) is 10.7. The molecule has 3 fully saturated rings. The van der Waals surface area contributed by atoms with Crippen molar-refractivity contribution in [1.29, 1.82) is 0 Å². The SMILES string of the molecule is C[C@@](O)(c1ccc([C@]2(CN3[C@H]4COC[C@@H]3[C@H](O)C4)CN(S(=O)(=O)c3ccccc3S)CCN2)cc1)C(F)(F)F. The fraction of sp³-hybridized carbons (Fsp3) is 0.538. The molecule has 0 amide bonds. The van der Waals surface area contributed by atoms with Gasteiger partial charge in [0.15, 0.2) is 5.60 Å². The molecule has 5 atom stereocenters. The number of rotatable bonds is 6. The van der Waals surface area contributed by atoms with E-state index in [1.807, 2.05) is 0 Å². The minimum Gasteiger partial charge on any atom is -0.391 e. The molecule has 5 rings (SSSR count). The molecule has 3 saturated heterocycles. The number of aliphatic hydroxyl groups excluding tert-OH is 1. The molecule has 0 spiro atoms. The standard InChI is InChI=1S/C26H32F3N3O5S2/c1-24(34,26(27,28)29)17-6-8-18(9-7-17)25(16-32-19-12-21(33)20(32)14-37-13-19)15-31(11-10-30-25)39(35,36)23-5-3-2-4-22(23)38/h2-9,19-21,30,33-34,38H,10-16H2,1H3/t19-,20-,21-,24-,25-/m1/s1. The number of morpholine rings is 1. The average Bonchev–Trinajstić information content (AvgIpc) is 3.04. The first-order chi connectivity index (χ1) is 18.3. The third-order valence-corrected chi connectivity index (χ3v) is 10.7. The maximum atomic E-state index is 13.7. The normalized spacial score (nSPS) is 30.3. The molecule has 39 heavy (non-hydrogen) atoms. The van der Waals surface area contributed by atoms with Gasteiger partial charge < -0.3 is 20.3 Å². The minimum atomic E-state index is -4.87. The molecular formula is C26H32F3N3O5S2. The van der Waals surface area contributed by atoms with Gasteiger partial charge in [-0.25, -0.2) is 8.42 Å². The van der Waals surface area contributed by atoms with Crippen molar-refractivity contribution in [1.82, 2.24) is 14.5 Å². The van der Waals surface area contributed by atoms with E-state index in [4.69, 9.17) is 4.74 Å². The summed E-state index contributed by atoms with van der Waals surface area (Å²) in [6, 6.07) is 11.5. The molecular weight excluding hydrogens is 555 g/mol. The minimum absolute atomic E-state index is 0.000647. The highest BCUT2D eigenvalue weighted by Gasteiger charge is 2.52. The molecule has 3 N–H and O–H groups in total. The monoisotopic (exact) mass is 587 g/mol. The lowest BCUT2D eigenvalue weighted by atomic mass is 9.84. The van der Waals surface area contributed by atoms with Crippen molar-refractivity contribution in [2.45, 2.75) is 58.6 Å². The van der Waals surface area contributed by atoms with Gasteiger partial charge in [-0.05, 0) is 36.6 Å². The first kappa shape index (κ1) is 28.8. The Morgan fingerprint density at radius 2 is 1.85 bits per heavy atom. The smallest absolute Gasteiger partial charge is 0.391 e. The summed E-state index contributed by atoms with van der Waals surface area (Å²) in [5.74, 6) is 0. The molecule has 13 heteroatoms. The zero-order valence-corrected chi connectivity index (χ0v) is 23.0. The number of piperazine rings is 1. The van der Waals surface area contributed by atoms with Crippen LogP contribution < -0.4 is 5.32 Å². The van der Waals surface area contributed by atoms with Crippen LogP contribution in [-0.4, -0.2) is 91.6 Å². The summed E-state index contributed by atoms with van der Waals surface area (Å²) >= 11 is 4.35. The van der Waals surface area contributed by atoms with Gasteiger partial charge in [0.25, 0.3) is 0 Å². The lowest BCUT2D eigenvalue weighted by molar-refractivity contribution is -0.258. The molecule has 2 aromatic carbocycles. The third kappa shape index (κ3) is 5.12. The van der Waals surface area contributed by atoms with Crippen LogP contribution >= 0.6 is 12.6 Å². The summed E-state index contributed by atoms with van der Waals surface area (Å²) in [5.41, 5.74) is -3.81. The van der Waals surface area contributed by atoms with E-state index in [0.717, 1.165) is 0 Å². The molecule has 2 aromatic rings. The molecule has 8 nitrogen and oxygen atoms in total. The van der Waals surface area contributed by atoms with Gasteiger partial charge in [0, 0.05) is 37.1 Å². The molecule has 0 radical (unpaired) electrons. The van der Waals surface area contributed by atoms with E-state index in [0.29, 0.717) is 43.6 Å². The van der Waals surface area contributed by atoms with E-state index in [2.05, 4.69) is 22.8 Å². The molecule has 3 aliphatic heterocycles. The highest BCUT2D eigenvalue weighted by molar-refractivity contribution is 7.90. The summed E-state index contributed by atoms with van der Waals surface area (Å²) in [7, 11) is -3.95. The Balaban J connectivity index is 1.54. The fourth-order valence-electron chi connectivity index (χ4n) is 5.86. The summed E-state index contributed by atoms with van der Waals surface area (Å²) in [4.78, 5) is 2.50. The molecule has 3 aliphatic rings. The Morgan fingerprint density at radius 3 is 2.49 bits per heavy atom. The number of nitrogens with one attached hydrogen (secondary N) is 1. The fourth-order valence-corrected chi connectivity index (χ4v) is 7.95. The Morgan fingerprint density at radius 1 is 1.15 bits per heavy atom. The first-order valence-electron chi connectivity index (χ1n) is 12.7. The number of hydrogen-bond donors (Lipinski definition) is 4. The van der Waals surface area contributed by atoms with Crippen molar-refractivity contribution < 1.29 is 36.5 Å². The highest BCUT2D eigenvalue weighted by Crippen LogP contribution is 2.40. The van der Waals surface area contributed by atoms with Crippen LogP contribution in [0.25, 0.3) is 0 Å². The van der Waals surface area contributed by atoms with Crippen molar-refractivity contribution in [3.63, 3.8) is 0 Å². The van der Waals surface area contributed by atoms with Crippen LogP contribution in [0.1, 0.15) is 24.5 Å². The second kappa shape index (κ2) is 10.3. The van der Waals surface area contributed by atoms with Crippen LogP contribution in [0.3, 0.4) is 0 Å². The maximum Gasteiger partial charge on any atom is 0.421 e. The number of ether oxygens (including phenoxy) is 1. The Kier molecular flexibility index (Phi) is 7.60. The van der Waals surface area contributed by atoms with E-state index in [1.54, 1.807) is 18.2 Å². The topological polar surface area (TPSA) is 102 Å². The van der Waals surface area contributed by atoms with Gasteiger partial charge in [0.05, 0.1) is 35.8 Å². The summed E-state index contributed by atoms with van der Waals surface area (Å²) < 4.78 is 74.9. The van der Waals surface area contributed by atoms with Crippen LogP contribution in [0, 0.1) is 0 Å². The molecule has 214 valence electrons. The molecule has 0 saturated carbocycles. The number of sulfonamides is 1. The van der Waals surface area contributed by atoms with Gasteiger partial charge in [-0.15, -0.1) is 12.6 Å². The van der Waals surface area contributed by atoms with Gasteiger partial charge in [0.1, 0.15) is 0 Å². The quantitative estimate of drug-likeness (QED) is 0.384. The number of aliphatic hydroxyl groups is 2. The number of thiol groups is 1. The van der Waals surface area contributed by atoms with E-state index in [1.165, 1.54) is 34.6 Å². The molecule has 0 aliphatic carbocycles. The van der Waals surface area contributed by atoms with Gasteiger partial charge >= 0.3 is 6.18 Å². The van der Waals surface area contributed by atoms with Crippen molar-refractivity contribution in [3.8, 4) is 0 Å². The predicted octanol–water partition coefficient (Wildman–Crippen LogP) is 2.07.